The van der Waals surface area contributed by atoms with E-state index in [4.69, 9.17) is 0 Å². The molecule has 0 aromatic heterocycles. The average Bonchev–Trinajstić information content (AvgIpc) is 2.66. The lowest BCUT2D eigenvalue weighted by atomic mass is 9.96. The molecule has 102 valence electrons. The summed E-state index contributed by atoms with van der Waals surface area (Å²) in [5, 5.41) is 5.76. The van der Waals surface area contributed by atoms with E-state index in [0.717, 1.165) is 32.5 Å². The summed E-state index contributed by atoms with van der Waals surface area (Å²) in [6.07, 6.45) is 2.64. The normalized spacial score (nSPS) is 26.1. The van der Waals surface area contributed by atoms with Gasteiger partial charge in [-0.15, -0.1) is 0 Å². The van der Waals surface area contributed by atoms with Crippen LogP contribution in [0.15, 0.2) is 0 Å². The van der Waals surface area contributed by atoms with Gasteiger partial charge in [-0.05, 0) is 45.7 Å². The zero-order valence-electron chi connectivity index (χ0n) is 11.2. The highest BCUT2D eigenvalue weighted by Crippen LogP contribution is 2.20. The van der Waals surface area contributed by atoms with Gasteiger partial charge in [0.1, 0.15) is 0 Å². The van der Waals surface area contributed by atoms with Crippen LogP contribution in [0.25, 0.3) is 0 Å². The Labute approximate surface area is 108 Å². The molecule has 18 heavy (non-hydrogen) atoms. The van der Waals surface area contributed by atoms with E-state index in [1.165, 1.54) is 0 Å². The zero-order chi connectivity index (χ0) is 13.1. The number of piperidine rings is 1. The van der Waals surface area contributed by atoms with E-state index in [0.29, 0.717) is 18.4 Å². The van der Waals surface area contributed by atoms with Gasteiger partial charge >= 0.3 is 0 Å². The first-order valence-corrected chi connectivity index (χ1v) is 6.88. The van der Waals surface area contributed by atoms with Crippen molar-refractivity contribution in [3.05, 3.63) is 0 Å². The summed E-state index contributed by atoms with van der Waals surface area (Å²) >= 11 is 0. The molecule has 0 aromatic rings. The van der Waals surface area contributed by atoms with Crippen molar-refractivity contribution in [2.24, 2.45) is 5.92 Å². The minimum atomic E-state index is -0.257. The van der Waals surface area contributed by atoms with Crippen LogP contribution < -0.4 is 10.6 Å². The maximum absolute atomic E-state index is 11.8. The summed E-state index contributed by atoms with van der Waals surface area (Å²) in [6.45, 7) is 7.23. The molecule has 0 aliphatic carbocycles. The van der Waals surface area contributed by atoms with Crippen LogP contribution in [0.4, 0.5) is 0 Å². The molecule has 2 heterocycles. The number of carbonyl (C=O) groups excluding carboxylic acids is 2. The second-order valence-electron chi connectivity index (χ2n) is 5.62. The molecule has 1 atom stereocenters. The molecule has 2 N–H and O–H groups in total. The quantitative estimate of drug-likeness (QED) is 0.698. The molecule has 1 unspecified atom stereocenters. The number of amides is 2. The van der Waals surface area contributed by atoms with Crippen LogP contribution >= 0.6 is 0 Å². The Kier molecular flexibility index (Phi) is 4.35. The van der Waals surface area contributed by atoms with Crippen molar-refractivity contribution in [3.63, 3.8) is 0 Å². The third-order valence-corrected chi connectivity index (χ3v) is 3.94. The van der Waals surface area contributed by atoms with Crippen molar-refractivity contribution in [3.8, 4) is 0 Å². The third-order valence-electron chi connectivity index (χ3n) is 3.94. The van der Waals surface area contributed by atoms with Crippen LogP contribution in [0.2, 0.25) is 0 Å². The summed E-state index contributed by atoms with van der Waals surface area (Å²) in [6, 6.07) is 0.0360. The van der Waals surface area contributed by atoms with Crippen LogP contribution in [0.3, 0.4) is 0 Å². The molecule has 2 rings (SSSR count). The van der Waals surface area contributed by atoms with Crippen LogP contribution in [-0.4, -0.2) is 48.4 Å². The van der Waals surface area contributed by atoms with Crippen LogP contribution in [0.1, 0.15) is 33.1 Å². The van der Waals surface area contributed by atoms with Gasteiger partial charge in [0.25, 0.3) is 0 Å². The van der Waals surface area contributed by atoms with E-state index in [-0.39, 0.29) is 17.9 Å². The molecule has 0 aromatic carbocycles. The predicted molar refractivity (Wildman–Crippen MR) is 69.0 cm³/mol. The molecule has 2 aliphatic rings. The average molecular weight is 253 g/mol. The van der Waals surface area contributed by atoms with Gasteiger partial charge in [-0.25, -0.2) is 0 Å². The maximum atomic E-state index is 11.8. The molecule has 2 amide bonds. The molecule has 0 saturated carbocycles. The Hall–Kier alpha value is -0.940. The van der Waals surface area contributed by atoms with E-state index >= 15 is 0 Å². The first-order valence-electron chi connectivity index (χ1n) is 6.88. The SMILES string of the molecule is CC(C)N(CC1CCNCC1)C1CC(=O)NC1=O. The van der Waals surface area contributed by atoms with Crippen molar-refractivity contribution < 1.29 is 9.59 Å². The molecule has 5 nitrogen and oxygen atoms in total. The topological polar surface area (TPSA) is 61.4 Å². The summed E-state index contributed by atoms with van der Waals surface area (Å²) in [4.78, 5) is 25.3. The highest BCUT2D eigenvalue weighted by atomic mass is 16.2. The lowest BCUT2D eigenvalue weighted by molar-refractivity contribution is -0.126. The van der Waals surface area contributed by atoms with E-state index in [2.05, 4.69) is 29.4 Å². The van der Waals surface area contributed by atoms with E-state index in [1.54, 1.807) is 0 Å². The van der Waals surface area contributed by atoms with Gasteiger partial charge in [0.05, 0.1) is 12.5 Å². The Bertz CT molecular complexity index is 324. The number of hydrogen-bond acceptors (Lipinski definition) is 4. The van der Waals surface area contributed by atoms with Crippen molar-refractivity contribution in [2.45, 2.75) is 45.2 Å². The van der Waals surface area contributed by atoms with Gasteiger partial charge in [0, 0.05) is 12.6 Å². The van der Waals surface area contributed by atoms with Crippen molar-refractivity contribution in [1.29, 1.82) is 0 Å². The molecular weight excluding hydrogens is 230 g/mol. The lowest BCUT2D eigenvalue weighted by Crippen LogP contribution is -2.48. The number of nitrogens with one attached hydrogen (secondary N) is 2. The fourth-order valence-corrected chi connectivity index (χ4v) is 2.87. The Morgan fingerprint density at radius 1 is 1.28 bits per heavy atom. The lowest BCUT2D eigenvalue weighted by Gasteiger charge is -2.35. The molecule has 2 saturated heterocycles. The minimum Gasteiger partial charge on any atom is -0.317 e. The number of nitrogens with zero attached hydrogens (tertiary/aromatic N) is 1. The smallest absolute Gasteiger partial charge is 0.244 e. The Morgan fingerprint density at radius 3 is 2.44 bits per heavy atom. The van der Waals surface area contributed by atoms with Gasteiger partial charge < -0.3 is 5.32 Å². The third kappa shape index (κ3) is 3.09. The molecular formula is C13H23N3O2. The highest BCUT2D eigenvalue weighted by Gasteiger charge is 2.37. The zero-order valence-corrected chi connectivity index (χ0v) is 11.2. The summed E-state index contributed by atoms with van der Waals surface area (Å²) in [5.41, 5.74) is 0. The van der Waals surface area contributed by atoms with Crippen LogP contribution in [-0.2, 0) is 9.59 Å². The summed E-state index contributed by atoms with van der Waals surface area (Å²) in [5.74, 6) is 0.376. The Morgan fingerprint density at radius 2 is 1.94 bits per heavy atom. The van der Waals surface area contributed by atoms with Crippen molar-refractivity contribution in [2.75, 3.05) is 19.6 Å². The Balaban J connectivity index is 1.99. The molecule has 0 spiro atoms. The predicted octanol–water partition coefficient (Wildman–Crippen LogP) is 0.112. The second-order valence-corrected chi connectivity index (χ2v) is 5.62. The van der Waals surface area contributed by atoms with Crippen molar-refractivity contribution in [1.82, 2.24) is 15.5 Å². The van der Waals surface area contributed by atoms with Gasteiger partial charge in [-0.1, -0.05) is 0 Å². The molecule has 0 bridgehead atoms. The van der Waals surface area contributed by atoms with Crippen LogP contribution in [0, 0.1) is 5.92 Å². The standard InChI is InChI=1S/C13H23N3O2/c1-9(2)16(8-10-3-5-14-6-4-10)11-7-12(17)15-13(11)18/h9-11,14H,3-8H2,1-2H3,(H,15,17,18). The van der Waals surface area contributed by atoms with E-state index in [1.807, 2.05) is 0 Å². The molecule has 0 radical (unpaired) electrons. The fraction of sp³-hybridized carbons (Fsp3) is 0.846. The maximum Gasteiger partial charge on any atom is 0.244 e. The van der Waals surface area contributed by atoms with Gasteiger partial charge in [0.15, 0.2) is 0 Å². The highest BCUT2D eigenvalue weighted by molar-refractivity contribution is 6.05. The molecule has 2 aliphatic heterocycles. The second kappa shape index (κ2) is 5.80. The van der Waals surface area contributed by atoms with Gasteiger partial charge in [0.2, 0.25) is 11.8 Å². The number of imide groups is 1. The summed E-state index contributed by atoms with van der Waals surface area (Å²) in [7, 11) is 0. The van der Waals surface area contributed by atoms with Gasteiger partial charge in [-0.3, -0.25) is 19.8 Å². The van der Waals surface area contributed by atoms with Gasteiger partial charge in [-0.2, -0.15) is 0 Å². The minimum absolute atomic E-state index is 0.123. The number of hydrogen-bond donors (Lipinski definition) is 2. The molecule has 2 fully saturated rings. The fourth-order valence-electron chi connectivity index (χ4n) is 2.87. The number of rotatable bonds is 4. The van der Waals surface area contributed by atoms with Crippen LogP contribution in [0.5, 0.6) is 0 Å². The first kappa shape index (κ1) is 13.5. The first-order chi connectivity index (χ1) is 8.58. The monoisotopic (exact) mass is 253 g/mol. The summed E-state index contributed by atoms with van der Waals surface area (Å²) < 4.78 is 0. The van der Waals surface area contributed by atoms with E-state index in [9.17, 15) is 9.59 Å². The largest absolute Gasteiger partial charge is 0.317 e. The molecule has 5 heteroatoms. The number of carbonyl (C=O) groups is 2. The van der Waals surface area contributed by atoms with Crippen molar-refractivity contribution >= 4 is 11.8 Å². The van der Waals surface area contributed by atoms with E-state index < -0.39 is 0 Å².